The van der Waals surface area contributed by atoms with Crippen molar-refractivity contribution in [3.8, 4) is 0 Å². The average Bonchev–Trinajstić information content (AvgIpc) is 2.60. The van der Waals surface area contributed by atoms with Crippen molar-refractivity contribution in [2.24, 2.45) is 17.1 Å². The molecular formula is C15H28N4O. The van der Waals surface area contributed by atoms with Gasteiger partial charge in [-0.25, -0.2) is 9.67 Å². The van der Waals surface area contributed by atoms with Gasteiger partial charge in [0.2, 0.25) is 0 Å². The summed E-state index contributed by atoms with van der Waals surface area (Å²) in [5, 5.41) is 4.17. The van der Waals surface area contributed by atoms with E-state index in [4.69, 9.17) is 5.73 Å². The molecule has 0 aliphatic carbocycles. The quantitative estimate of drug-likeness (QED) is 0.831. The largest absolute Gasteiger partial charge is 0.327 e. The Labute approximate surface area is 122 Å². The predicted octanol–water partition coefficient (Wildman–Crippen LogP) is 2.20. The third-order valence-corrected chi connectivity index (χ3v) is 2.95. The number of ketones is 1. The molecule has 5 nitrogen and oxygen atoms in total. The minimum Gasteiger partial charge on any atom is -0.327 e. The first-order chi connectivity index (χ1) is 9.17. The van der Waals surface area contributed by atoms with Crippen LogP contribution in [0.3, 0.4) is 0 Å². The van der Waals surface area contributed by atoms with E-state index in [-0.39, 0.29) is 17.2 Å². The molecule has 0 aliphatic rings. The van der Waals surface area contributed by atoms with Gasteiger partial charge in [-0.15, -0.1) is 0 Å². The van der Waals surface area contributed by atoms with Crippen molar-refractivity contribution in [1.82, 2.24) is 14.8 Å². The third kappa shape index (κ3) is 6.28. The molecule has 20 heavy (non-hydrogen) atoms. The van der Waals surface area contributed by atoms with Crippen LogP contribution in [-0.4, -0.2) is 26.6 Å². The molecule has 1 heterocycles. The van der Waals surface area contributed by atoms with E-state index < -0.39 is 0 Å². The minimum absolute atomic E-state index is 0.0797. The second-order valence-electron chi connectivity index (χ2n) is 7.20. The first-order valence-electron chi connectivity index (χ1n) is 7.31. The first kappa shape index (κ1) is 16.8. The fourth-order valence-electron chi connectivity index (χ4n) is 2.32. The number of nitrogens with two attached hydrogens (primary N) is 1. The number of aromatic nitrogens is 3. The zero-order valence-corrected chi connectivity index (χ0v) is 13.4. The Hall–Kier alpha value is -1.23. The van der Waals surface area contributed by atoms with Crippen LogP contribution in [-0.2, 0) is 17.8 Å². The van der Waals surface area contributed by atoms with Crippen LogP contribution in [0.1, 0.15) is 53.3 Å². The summed E-state index contributed by atoms with van der Waals surface area (Å²) in [6.45, 7) is 11.4. The van der Waals surface area contributed by atoms with Crippen LogP contribution in [0.25, 0.3) is 0 Å². The van der Waals surface area contributed by atoms with Crippen LogP contribution in [0.5, 0.6) is 0 Å². The zero-order chi connectivity index (χ0) is 15.3. The number of carbonyl (C=O) groups excluding carboxylic acids is 1. The maximum absolute atomic E-state index is 12.1. The van der Waals surface area contributed by atoms with Gasteiger partial charge in [0.1, 0.15) is 17.9 Å². The van der Waals surface area contributed by atoms with Gasteiger partial charge < -0.3 is 5.73 Å². The zero-order valence-electron chi connectivity index (χ0n) is 13.4. The summed E-state index contributed by atoms with van der Waals surface area (Å²) < 4.78 is 1.82. The second kappa shape index (κ2) is 6.97. The Balaban J connectivity index is 2.52. The molecule has 0 amide bonds. The highest BCUT2D eigenvalue weighted by atomic mass is 16.1. The second-order valence-corrected chi connectivity index (χ2v) is 7.20. The molecule has 0 fully saturated rings. The highest BCUT2D eigenvalue weighted by Gasteiger charge is 2.19. The monoisotopic (exact) mass is 280 g/mol. The normalized spacial score (nSPS) is 13.8. The van der Waals surface area contributed by atoms with Crippen LogP contribution in [0.2, 0.25) is 0 Å². The standard InChI is InChI=1S/C15H28N4O/c1-11(2)9-19-14(17-10-18-19)7-13(20)6-12(16)8-15(3,4)5/h10-12H,6-9,16H2,1-5H3. The number of carbonyl (C=O) groups is 1. The van der Waals surface area contributed by atoms with Crippen LogP contribution < -0.4 is 5.73 Å². The van der Waals surface area contributed by atoms with Crippen LogP contribution >= 0.6 is 0 Å². The van der Waals surface area contributed by atoms with Gasteiger partial charge in [0.15, 0.2) is 0 Å². The van der Waals surface area contributed by atoms with Crippen molar-refractivity contribution in [1.29, 1.82) is 0 Å². The summed E-state index contributed by atoms with van der Waals surface area (Å²) in [4.78, 5) is 16.3. The lowest BCUT2D eigenvalue weighted by Crippen LogP contribution is -2.29. The number of rotatable bonds is 7. The highest BCUT2D eigenvalue weighted by molar-refractivity contribution is 5.80. The van der Waals surface area contributed by atoms with Crippen LogP contribution in [0.15, 0.2) is 6.33 Å². The molecule has 0 spiro atoms. The van der Waals surface area contributed by atoms with Gasteiger partial charge in [-0.05, 0) is 17.8 Å². The van der Waals surface area contributed by atoms with E-state index in [1.165, 1.54) is 6.33 Å². The van der Waals surface area contributed by atoms with E-state index in [9.17, 15) is 4.79 Å². The van der Waals surface area contributed by atoms with Crippen molar-refractivity contribution in [3.05, 3.63) is 12.2 Å². The molecule has 0 radical (unpaired) electrons. The Morgan fingerprint density at radius 3 is 2.60 bits per heavy atom. The smallest absolute Gasteiger partial charge is 0.142 e. The maximum Gasteiger partial charge on any atom is 0.142 e. The molecule has 1 aromatic heterocycles. The molecule has 0 bridgehead atoms. The van der Waals surface area contributed by atoms with E-state index in [1.54, 1.807) is 0 Å². The van der Waals surface area contributed by atoms with Gasteiger partial charge in [-0.3, -0.25) is 4.79 Å². The maximum atomic E-state index is 12.1. The predicted molar refractivity (Wildman–Crippen MR) is 80.2 cm³/mol. The Bertz CT molecular complexity index is 431. The van der Waals surface area contributed by atoms with Crippen molar-refractivity contribution in [2.75, 3.05) is 0 Å². The fraction of sp³-hybridized carbons (Fsp3) is 0.800. The number of nitrogens with zero attached hydrogens (tertiary/aromatic N) is 3. The fourth-order valence-corrected chi connectivity index (χ4v) is 2.32. The molecule has 0 saturated heterocycles. The molecule has 1 aromatic rings. The Kier molecular flexibility index (Phi) is 5.87. The lowest BCUT2D eigenvalue weighted by molar-refractivity contribution is -0.119. The molecule has 1 rings (SSSR count). The average molecular weight is 280 g/mol. The van der Waals surface area contributed by atoms with Gasteiger partial charge >= 0.3 is 0 Å². The van der Waals surface area contributed by atoms with Crippen LogP contribution in [0, 0.1) is 11.3 Å². The van der Waals surface area contributed by atoms with Gasteiger partial charge in [-0.1, -0.05) is 34.6 Å². The molecule has 0 saturated carbocycles. The molecule has 2 N–H and O–H groups in total. The third-order valence-electron chi connectivity index (χ3n) is 2.95. The highest BCUT2D eigenvalue weighted by Crippen LogP contribution is 2.21. The molecule has 1 atom stereocenters. The SMILES string of the molecule is CC(C)Cn1ncnc1CC(=O)CC(N)CC(C)(C)C. The molecular weight excluding hydrogens is 252 g/mol. The lowest BCUT2D eigenvalue weighted by atomic mass is 9.86. The van der Waals surface area contributed by atoms with E-state index in [0.717, 1.165) is 18.8 Å². The summed E-state index contributed by atoms with van der Waals surface area (Å²) in [5.74, 6) is 1.36. The van der Waals surface area contributed by atoms with Gasteiger partial charge in [0.25, 0.3) is 0 Å². The molecule has 1 unspecified atom stereocenters. The molecule has 114 valence electrons. The number of hydrogen-bond acceptors (Lipinski definition) is 4. The minimum atomic E-state index is -0.0797. The van der Waals surface area contributed by atoms with E-state index >= 15 is 0 Å². The van der Waals surface area contributed by atoms with Crippen molar-refractivity contribution in [2.45, 2.75) is 66.5 Å². The van der Waals surface area contributed by atoms with Crippen molar-refractivity contribution in [3.63, 3.8) is 0 Å². The molecule has 5 heteroatoms. The van der Waals surface area contributed by atoms with E-state index in [1.807, 2.05) is 4.68 Å². The van der Waals surface area contributed by atoms with Crippen molar-refractivity contribution < 1.29 is 4.79 Å². The van der Waals surface area contributed by atoms with E-state index in [2.05, 4.69) is 44.7 Å². The number of Topliss-reactive ketones (excluding diaryl/α,β-unsaturated/α-hetero) is 1. The summed E-state index contributed by atoms with van der Waals surface area (Å²) in [7, 11) is 0. The van der Waals surface area contributed by atoms with Crippen molar-refractivity contribution >= 4 is 5.78 Å². The van der Waals surface area contributed by atoms with Gasteiger partial charge in [-0.2, -0.15) is 5.10 Å². The topological polar surface area (TPSA) is 73.8 Å². The van der Waals surface area contributed by atoms with E-state index in [0.29, 0.717) is 18.8 Å². The van der Waals surface area contributed by atoms with Gasteiger partial charge in [0, 0.05) is 19.0 Å². The summed E-state index contributed by atoms with van der Waals surface area (Å²) >= 11 is 0. The molecule has 0 aliphatic heterocycles. The Morgan fingerprint density at radius 2 is 2.05 bits per heavy atom. The lowest BCUT2D eigenvalue weighted by Gasteiger charge is -2.22. The molecule has 0 aromatic carbocycles. The van der Waals surface area contributed by atoms with Crippen LogP contribution in [0.4, 0.5) is 0 Å². The summed E-state index contributed by atoms with van der Waals surface area (Å²) in [5.41, 5.74) is 6.19. The van der Waals surface area contributed by atoms with Gasteiger partial charge in [0.05, 0.1) is 6.42 Å². The Morgan fingerprint density at radius 1 is 1.40 bits per heavy atom. The first-order valence-corrected chi connectivity index (χ1v) is 7.31. The number of hydrogen-bond donors (Lipinski definition) is 1. The summed E-state index contributed by atoms with van der Waals surface area (Å²) in [6.07, 6.45) is 3.09. The summed E-state index contributed by atoms with van der Waals surface area (Å²) in [6, 6.07) is -0.0797.